The molecule has 1 unspecified atom stereocenters. The van der Waals surface area contributed by atoms with Gasteiger partial charge in [-0.05, 0) is 12.3 Å². The van der Waals surface area contributed by atoms with Crippen LogP contribution in [0.25, 0.3) is 0 Å². The van der Waals surface area contributed by atoms with Crippen LogP contribution in [0.4, 0.5) is 0 Å². The largest absolute Gasteiger partial charge is 0.368 e. The monoisotopic (exact) mass is 215 g/mol. The maximum atomic E-state index is 11.2. The molecule has 0 radical (unpaired) electrons. The average Bonchev–Trinajstić information content (AvgIpc) is 2.13. The Morgan fingerprint density at radius 2 is 1.93 bits per heavy atom. The summed E-state index contributed by atoms with van der Waals surface area (Å²) in [6.45, 7) is 6.53. The molecule has 0 saturated carbocycles. The lowest BCUT2D eigenvalue weighted by atomic mass is 10.0. The van der Waals surface area contributed by atoms with Gasteiger partial charge in [-0.15, -0.1) is 0 Å². The first-order valence-electron chi connectivity index (χ1n) is 5.28. The van der Waals surface area contributed by atoms with E-state index >= 15 is 0 Å². The van der Waals surface area contributed by atoms with Crippen molar-refractivity contribution in [2.75, 3.05) is 13.1 Å². The summed E-state index contributed by atoms with van der Waals surface area (Å²) in [7, 11) is 0. The summed E-state index contributed by atoms with van der Waals surface area (Å²) < 4.78 is 0. The highest BCUT2D eigenvalue weighted by molar-refractivity contribution is 5.82. The fourth-order valence-electron chi connectivity index (χ4n) is 1.19. The van der Waals surface area contributed by atoms with Gasteiger partial charge < -0.3 is 11.1 Å². The van der Waals surface area contributed by atoms with Crippen molar-refractivity contribution in [1.82, 2.24) is 10.6 Å². The molecule has 2 amide bonds. The lowest BCUT2D eigenvalue weighted by Crippen LogP contribution is -2.48. The lowest BCUT2D eigenvalue weighted by molar-refractivity contribution is -0.122. The first-order chi connectivity index (χ1) is 6.99. The number of rotatable bonds is 7. The van der Waals surface area contributed by atoms with Gasteiger partial charge in [0.25, 0.3) is 0 Å². The Hall–Kier alpha value is -1.10. The van der Waals surface area contributed by atoms with E-state index in [4.69, 9.17) is 5.73 Å². The lowest BCUT2D eigenvalue weighted by Gasteiger charge is -2.18. The maximum absolute atomic E-state index is 11.2. The molecule has 0 heterocycles. The molecular formula is C10H21N3O2. The highest BCUT2D eigenvalue weighted by atomic mass is 16.2. The highest BCUT2D eigenvalue weighted by Crippen LogP contribution is 1.99. The van der Waals surface area contributed by atoms with Crippen molar-refractivity contribution in [2.45, 2.75) is 33.2 Å². The molecule has 5 heteroatoms. The third-order valence-electron chi connectivity index (χ3n) is 2.03. The number of hydrogen-bond acceptors (Lipinski definition) is 3. The van der Waals surface area contributed by atoms with Crippen LogP contribution in [0.5, 0.6) is 0 Å². The molecule has 0 aliphatic carbocycles. The van der Waals surface area contributed by atoms with E-state index in [1.807, 2.05) is 20.8 Å². The molecule has 0 aliphatic heterocycles. The van der Waals surface area contributed by atoms with Crippen LogP contribution in [0.15, 0.2) is 0 Å². The zero-order valence-electron chi connectivity index (χ0n) is 9.67. The Balaban J connectivity index is 3.89. The minimum Gasteiger partial charge on any atom is -0.368 e. The summed E-state index contributed by atoms with van der Waals surface area (Å²) >= 11 is 0. The molecule has 0 fully saturated rings. The van der Waals surface area contributed by atoms with E-state index in [2.05, 4.69) is 10.6 Å². The quantitative estimate of drug-likeness (QED) is 0.541. The van der Waals surface area contributed by atoms with Crippen molar-refractivity contribution < 1.29 is 9.59 Å². The van der Waals surface area contributed by atoms with Crippen LogP contribution in [0.3, 0.4) is 0 Å². The molecule has 0 rings (SSSR count). The van der Waals surface area contributed by atoms with Crippen molar-refractivity contribution in [3.8, 4) is 0 Å². The molecule has 0 saturated heterocycles. The number of primary amides is 1. The van der Waals surface area contributed by atoms with E-state index in [-0.39, 0.29) is 18.4 Å². The zero-order valence-corrected chi connectivity index (χ0v) is 9.67. The molecule has 0 spiro atoms. The van der Waals surface area contributed by atoms with Gasteiger partial charge in [-0.3, -0.25) is 14.9 Å². The maximum Gasteiger partial charge on any atom is 0.234 e. The van der Waals surface area contributed by atoms with Crippen molar-refractivity contribution >= 4 is 11.8 Å². The predicted molar refractivity (Wildman–Crippen MR) is 59.1 cm³/mol. The Morgan fingerprint density at radius 3 is 2.33 bits per heavy atom. The molecule has 0 aromatic rings. The molecule has 4 N–H and O–H groups in total. The fraction of sp³-hybridized carbons (Fsp3) is 0.800. The van der Waals surface area contributed by atoms with Gasteiger partial charge in [-0.2, -0.15) is 0 Å². The van der Waals surface area contributed by atoms with Crippen molar-refractivity contribution in [1.29, 1.82) is 0 Å². The van der Waals surface area contributed by atoms with Crippen LogP contribution in [0, 0.1) is 5.92 Å². The first kappa shape index (κ1) is 13.9. The molecular weight excluding hydrogens is 194 g/mol. The summed E-state index contributed by atoms with van der Waals surface area (Å²) in [6, 6.07) is -0.447. The van der Waals surface area contributed by atoms with Crippen molar-refractivity contribution in [2.24, 2.45) is 11.7 Å². The SMILES string of the molecule is CCCNC(=O)CNC(C(N)=O)C(C)C. The van der Waals surface area contributed by atoms with Gasteiger partial charge in [0.05, 0.1) is 12.6 Å². The van der Waals surface area contributed by atoms with Gasteiger partial charge in [0.2, 0.25) is 11.8 Å². The fourth-order valence-corrected chi connectivity index (χ4v) is 1.19. The van der Waals surface area contributed by atoms with E-state index in [9.17, 15) is 9.59 Å². The molecule has 88 valence electrons. The van der Waals surface area contributed by atoms with E-state index in [0.717, 1.165) is 6.42 Å². The summed E-state index contributed by atoms with van der Waals surface area (Å²) in [5, 5.41) is 5.55. The minimum absolute atomic E-state index is 0.0847. The second-order valence-corrected chi connectivity index (χ2v) is 3.85. The standard InChI is InChI=1S/C10H21N3O2/c1-4-5-12-8(14)6-13-9(7(2)3)10(11)15/h7,9,13H,4-6H2,1-3H3,(H2,11,15)(H,12,14). The third kappa shape index (κ3) is 6.06. The summed E-state index contributed by atoms with van der Waals surface area (Å²) in [5.41, 5.74) is 5.19. The molecule has 0 aromatic heterocycles. The molecule has 15 heavy (non-hydrogen) atoms. The predicted octanol–water partition coefficient (Wildman–Crippen LogP) is -0.388. The van der Waals surface area contributed by atoms with Gasteiger partial charge in [0, 0.05) is 6.54 Å². The van der Waals surface area contributed by atoms with Crippen molar-refractivity contribution in [3.63, 3.8) is 0 Å². The van der Waals surface area contributed by atoms with Crippen LogP contribution >= 0.6 is 0 Å². The molecule has 0 aliphatic rings. The summed E-state index contributed by atoms with van der Waals surface area (Å²) in [4.78, 5) is 22.2. The van der Waals surface area contributed by atoms with E-state index in [1.165, 1.54) is 0 Å². The molecule has 1 atom stereocenters. The first-order valence-corrected chi connectivity index (χ1v) is 5.28. The smallest absolute Gasteiger partial charge is 0.234 e. The Kier molecular flexibility index (Phi) is 6.70. The Labute approximate surface area is 90.8 Å². The number of carbonyl (C=O) groups excluding carboxylic acids is 2. The Bertz CT molecular complexity index is 217. The summed E-state index contributed by atoms with van der Waals surface area (Å²) in [5.74, 6) is -0.446. The summed E-state index contributed by atoms with van der Waals surface area (Å²) in [6.07, 6.45) is 0.898. The van der Waals surface area contributed by atoms with E-state index < -0.39 is 11.9 Å². The van der Waals surface area contributed by atoms with Gasteiger partial charge >= 0.3 is 0 Å². The zero-order chi connectivity index (χ0) is 11.8. The number of hydrogen-bond donors (Lipinski definition) is 3. The second kappa shape index (κ2) is 7.23. The van der Waals surface area contributed by atoms with Crippen LogP contribution in [0.2, 0.25) is 0 Å². The number of carbonyl (C=O) groups is 2. The number of nitrogens with two attached hydrogens (primary N) is 1. The third-order valence-corrected chi connectivity index (χ3v) is 2.03. The van der Waals surface area contributed by atoms with E-state index in [0.29, 0.717) is 6.54 Å². The Morgan fingerprint density at radius 1 is 1.33 bits per heavy atom. The van der Waals surface area contributed by atoms with Crippen LogP contribution < -0.4 is 16.4 Å². The normalized spacial score (nSPS) is 12.5. The molecule has 0 aromatic carbocycles. The van der Waals surface area contributed by atoms with E-state index in [1.54, 1.807) is 0 Å². The van der Waals surface area contributed by atoms with Gasteiger partial charge in [0.15, 0.2) is 0 Å². The highest BCUT2D eigenvalue weighted by Gasteiger charge is 2.19. The van der Waals surface area contributed by atoms with Gasteiger partial charge in [-0.1, -0.05) is 20.8 Å². The average molecular weight is 215 g/mol. The number of amides is 2. The topological polar surface area (TPSA) is 84.2 Å². The van der Waals surface area contributed by atoms with Gasteiger partial charge in [-0.25, -0.2) is 0 Å². The van der Waals surface area contributed by atoms with Crippen LogP contribution in [-0.4, -0.2) is 30.9 Å². The second-order valence-electron chi connectivity index (χ2n) is 3.85. The molecule has 0 bridgehead atoms. The number of nitrogens with one attached hydrogen (secondary N) is 2. The van der Waals surface area contributed by atoms with Gasteiger partial charge in [0.1, 0.15) is 0 Å². The molecule has 5 nitrogen and oxygen atoms in total. The van der Waals surface area contributed by atoms with Crippen LogP contribution in [0.1, 0.15) is 27.2 Å². The minimum atomic E-state index is -0.447. The van der Waals surface area contributed by atoms with Crippen LogP contribution in [-0.2, 0) is 9.59 Å². The van der Waals surface area contributed by atoms with Crippen molar-refractivity contribution in [3.05, 3.63) is 0 Å².